The molecule has 0 unspecified atom stereocenters. The third-order valence-corrected chi connectivity index (χ3v) is 4.26. The first kappa shape index (κ1) is 14.6. The molecular weight excluding hydrogens is 279 g/mol. The molecule has 0 amide bonds. The van der Waals surface area contributed by atoms with Gasteiger partial charge in [0.15, 0.2) is 5.78 Å². The predicted octanol–water partition coefficient (Wildman–Crippen LogP) is 5.39. The molecule has 0 aliphatic heterocycles. The Balaban J connectivity index is 2.11. The van der Waals surface area contributed by atoms with Gasteiger partial charge in [-0.3, -0.25) is 4.79 Å². The first-order chi connectivity index (χ1) is 9.18. The van der Waals surface area contributed by atoms with E-state index in [4.69, 9.17) is 23.2 Å². The van der Waals surface area contributed by atoms with E-state index in [1.54, 1.807) is 18.2 Å². The van der Waals surface area contributed by atoms with Crippen LogP contribution in [0.4, 0.5) is 0 Å². The van der Waals surface area contributed by atoms with E-state index in [0.717, 1.165) is 30.4 Å². The van der Waals surface area contributed by atoms with Crippen LogP contribution >= 0.6 is 23.2 Å². The molecule has 0 fully saturated rings. The van der Waals surface area contributed by atoms with E-state index in [1.165, 1.54) is 19.3 Å². The van der Waals surface area contributed by atoms with Crippen LogP contribution in [0.1, 0.15) is 44.1 Å². The summed E-state index contributed by atoms with van der Waals surface area (Å²) in [5.74, 6) is 0.164. The van der Waals surface area contributed by atoms with Gasteiger partial charge in [-0.25, -0.2) is 0 Å². The fraction of sp³-hybridized carbons (Fsp3) is 0.438. The van der Waals surface area contributed by atoms with Crippen molar-refractivity contribution in [2.75, 3.05) is 0 Å². The Labute approximate surface area is 124 Å². The van der Waals surface area contributed by atoms with Crippen LogP contribution < -0.4 is 0 Å². The maximum absolute atomic E-state index is 12.4. The van der Waals surface area contributed by atoms with Gasteiger partial charge in [-0.1, -0.05) is 48.2 Å². The highest BCUT2D eigenvalue weighted by molar-refractivity contribution is 6.36. The lowest BCUT2D eigenvalue weighted by Crippen LogP contribution is -2.08. The van der Waals surface area contributed by atoms with Crippen LogP contribution in [0.2, 0.25) is 10.0 Å². The number of allylic oxidation sites excluding steroid dienone is 2. The van der Waals surface area contributed by atoms with Gasteiger partial charge in [0.25, 0.3) is 0 Å². The Hall–Kier alpha value is -0.790. The average Bonchev–Trinajstić information content (AvgIpc) is 2.33. The van der Waals surface area contributed by atoms with Crippen LogP contribution in [0, 0.1) is 0 Å². The summed E-state index contributed by atoms with van der Waals surface area (Å²) in [6, 6.07) is 5.36. The van der Waals surface area contributed by atoms with Crippen molar-refractivity contribution in [2.45, 2.75) is 44.9 Å². The highest BCUT2D eigenvalue weighted by Gasteiger charge is 2.15. The van der Waals surface area contributed by atoms with Crippen molar-refractivity contribution in [3.05, 3.63) is 45.5 Å². The molecule has 0 bridgehead atoms. The minimum atomic E-state index is 0.164. The number of benzene rings is 1. The molecule has 1 aromatic carbocycles. The first-order valence-electron chi connectivity index (χ1n) is 6.83. The maximum Gasteiger partial charge on any atom is 0.163 e. The minimum absolute atomic E-state index is 0.164. The van der Waals surface area contributed by atoms with Crippen LogP contribution in [-0.2, 0) is 11.2 Å². The number of ketones is 1. The second-order valence-corrected chi connectivity index (χ2v) is 5.80. The monoisotopic (exact) mass is 296 g/mol. The van der Waals surface area contributed by atoms with Crippen LogP contribution in [0.15, 0.2) is 29.8 Å². The maximum atomic E-state index is 12.4. The molecule has 1 nitrogen and oxygen atoms in total. The number of rotatable bonds is 3. The van der Waals surface area contributed by atoms with Crippen LogP contribution in [0.3, 0.4) is 0 Å². The smallest absolute Gasteiger partial charge is 0.163 e. The SMILES string of the molecule is O=C(Cc1c(Cl)cccc1Cl)/C1=C/CCCCCC1. The summed E-state index contributed by atoms with van der Waals surface area (Å²) in [4.78, 5) is 12.4. The van der Waals surface area contributed by atoms with Gasteiger partial charge in [-0.15, -0.1) is 0 Å². The molecule has 2 rings (SSSR count). The minimum Gasteiger partial charge on any atom is -0.294 e. The van der Waals surface area contributed by atoms with Crippen LogP contribution in [0.25, 0.3) is 0 Å². The average molecular weight is 297 g/mol. The van der Waals surface area contributed by atoms with Gasteiger partial charge < -0.3 is 0 Å². The zero-order chi connectivity index (χ0) is 13.7. The number of carbonyl (C=O) groups excluding carboxylic acids is 1. The van der Waals surface area contributed by atoms with Gasteiger partial charge in [0, 0.05) is 16.5 Å². The fourth-order valence-corrected chi connectivity index (χ4v) is 2.95. The standard InChI is InChI=1S/C16H18Cl2O/c17-14-9-6-10-15(18)13(14)11-16(19)12-7-4-2-1-3-5-8-12/h6-7,9-10H,1-5,8,11H2/b12-7+. The molecule has 0 radical (unpaired) electrons. The molecule has 1 aliphatic rings. The lowest BCUT2D eigenvalue weighted by Gasteiger charge is -2.12. The molecule has 0 saturated heterocycles. The molecule has 0 aromatic heterocycles. The Morgan fingerprint density at radius 2 is 1.74 bits per heavy atom. The van der Waals surface area contributed by atoms with Crippen molar-refractivity contribution in [3.63, 3.8) is 0 Å². The normalized spacial score (nSPS) is 19.2. The summed E-state index contributed by atoms with van der Waals surface area (Å²) in [6.07, 6.45) is 9.10. The Kier molecular flexibility index (Phi) is 5.47. The first-order valence-corrected chi connectivity index (χ1v) is 7.59. The van der Waals surface area contributed by atoms with E-state index in [1.807, 2.05) is 0 Å². The number of hydrogen-bond acceptors (Lipinski definition) is 1. The summed E-state index contributed by atoms with van der Waals surface area (Å²) in [5.41, 5.74) is 1.70. The molecule has 102 valence electrons. The fourth-order valence-electron chi connectivity index (χ4n) is 2.42. The zero-order valence-electron chi connectivity index (χ0n) is 10.9. The summed E-state index contributed by atoms with van der Waals surface area (Å²) < 4.78 is 0. The van der Waals surface area contributed by atoms with Crippen molar-refractivity contribution < 1.29 is 4.79 Å². The van der Waals surface area contributed by atoms with Crippen molar-refractivity contribution in [3.8, 4) is 0 Å². The van der Waals surface area contributed by atoms with Crippen molar-refractivity contribution in [2.24, 2.45) is 0 Å². The Morgan fingerprint density at radius 3 is 2.47 bits per heavy atom. The molecule has 19 heavy (non-hydrogen) atoms. The molecule has 1 aliphatic carbocycles. The molecular formula is C16H18Cl2O. The lowest BCUT2D eigenvalue weighted by molar-refractivity contribution is -0.115. The molecule has 0 atom stereocenters. The third kappa shape index (κ3) is 4.09. The van der Waals surface area contributed by atoms with E-state index < -0.39 is 0 Å². The summed E-state index contributed by atoms with van der Waals surface area (Å²) in [6.45, 7) is 0. The van der Waals surface area contributed by atoms with Gasteiger partial charge in [-0.2, -0.15) is 0 Å². The van der Waals surface area contributed by atoms with Gasteiger partial charge >= 0.3 is 0 Å². The third-order valence-electron chi connectivity index (χ3n) is 3.55. The van der Waals surface area contributed by atoms with Crippen LogP contribution in [0.5, 0.6) is 0 Å². The zero-order valence-corrected chi connectivity index (χ0v) is 12.4. The summed E-state index contributed by atoms with van der Waals surface area (Å²) in [5, 5.41) is 1.15. The van der Waals surface area contributed by atoms with Crippen molar-refractivity contribution in [1.82, 2.24) is 0 Å². The second kappa shape index (κ2) is 7.12. The van der Waals surface area contributed by atoms with Crippen LogP contribution in [-0.4, -0.2) is 5.78 Å². The summed E-state index contributed by atoms with van der Waals surface area (Å²) >= 11 is 12.2. The van der Waals surface area contributed by atoms with Gasteiger partial charge in [0.2, 0.25) is 0 Å². The molecule has 0 heterocycles. The van der Waals surface area contributed by atoms with Gasteiger partial charge in [0.05, 0.1) is 0 Å². The van der Waals surface area contributed by atoms with E-state index in [0.29, 0.717) is 16.5 Å². The molecule has 3 heteroatoms. The number of Topliss-reactive ketones (excluding diaryl/α,β-unsaturated/α-hetero) is 1. The number of carbonyl (C=O) groups is 1. The Bertz CT molecular complexity index is 471. The van der Waals surface area contributed by atoms with E-state index in [9.17, 15) is 4.79 Å². The predicted molar refractivity (Wildman–Crippen MR) is 81.0 cm³/mol. The number of hydrogen-bond donors (Lipinski definition) is 0. The van der Waals surface area contributed by atoms with Crippen molar-refractivity contribution in [1.29, 1.82) is 0 Å². The highest BCUT2D eigenvalue weighted by Crippen LogP contribution is 2.27. The van der Waals surface area contributed by atoms with Gasteiger partial charge in [0.1, 0.15) is 0 Å². The number of halogens is 2. The molecule has 0 spiro atoms. The second-order valence-electron chi connectivity index (χ2n) is 4.98. The molecule has 0 N–H and O–H groups in total. The molecule has 0 saturated carbocycles. The topological polar surface area (TPSA) is 17.1 Å². The molecule has 1 aromatic rings. The Morgan fingerprint density at radius 1 is 1.05 bits per heavy atom. The largest absolute Gasteiger partial charge is 0.294 e. The lowest BCUT2D eigenvalue weighted by atomic mass is 9.94. The van der Waals surface area contributed by atoms with E-state index in [-0.39, 0.29) is 5.78 Å². The van der Waals surface area contributed by atoms with Gasteiger partial charge in [-0.05, 0) is 49.0 Å². The quantitative estimate of drug-likeness (QED) is 0.731. The highest BCUT2D eigenvalue weighted by atomic mass is 35.5. The van der Waals surface area contributed by atoms with Crippen molar-refractivity contribution >= 4 is 29.0 Å². The van der Waals surface area contributed by atoms with E-state index >= 15 is 0 Å². The summed E-state index contributed by atoms with van der Waals surface area (Å²) in [7, 11) is 0. The van der Waals surface area contributed by atoms with E-state index in [2.05, 4.69) is 6.08 Å².